The SMILES string of the molecule is Cc1ccccc1C(C)OC(=O)Nc1c(C)noc1C#Cc1cc2cc(C3(C(=O)O)CC3)oc2o1. The van der Waals surface area contributed by atoms with Crippen molar-refractivity contribution in [3.63, 3.8) is 0 Å². The van der Waals surface area contributed by atoms with E-state index in [4.69, 9.17) is 18.1 Å². The maximum Gasteiger partial charge on any atom is 0.412 e. The summed E-state index contributed by atoms with van der Waals surface area (Å²) >= 11 is 0. The lowest BCUT2D eigenvalue weighted by molar-refractivity contribution is -0.140. The first-order valence-electron chi connectivity index (χ1n) is 11.1. The number of amides is 1. The van der Waals surface area contributed by atoms with Gasteiger partial charge in [-0.05, 0) is 62.6 Å². The van der Waals surface area contributed by atoms with Crippen molar-refractivity contribution in [2.75, 3.05) is 5.32 Å². The molecule has 0 saturated heterocycles. The summed E-state index contributed by atoms with van der Waals surface area (Å²) in [5, 5.41) is 16.6. The quantitative estimate of drug-likeness (QED) is 0.365. The lowest BCUT2D eigenvalue weighted by atomic mass is 10.0. The number of aromatic nitrogens is 1. The van der Waals surface area contributed by atoms with E-state index < -0.39 is 23.6 Å². The molecule has 0 spiro atoms. The van der Waals surface area contributed by atoms with Crippen LogP contribution in [-0.4, -0.2) is 22.3 Å². The minimum atomic E-state index is -0.948. The van der Waals surface area contributed by atoms with Crippen LogP contribution in [0.25, 0.3) is 11.2 Å². The van der Waals surface area contributed by atoms with E-state index in [9.17, 15) is 14.7 Å². The predicted octanol–water partition coefficient (Wildman–Crippen LogP) is 5.46. The topological polar surface area (TPSA) is 128 Å². The predicted molar refractivity (Wildman–Crippen MR) is 124 cm³/mol. The molecule has 1 aliphatic carbocycles. The Morgan fingerprint density at radius 2 is 1.94 bits per heavy atom. The number of aryl methyl sites for hydroxylation is 2. The summed E-state index contributed by atoms with van der Waals surface area (Å²) in [6, 6.07) is 11.0. The highest BCUT2D eigenvalue weighted by atomic mass is 16.6. The number of nitrogens with one attached hydrogen (secondary N) is 1. The molecule has 1 unspecified atom stereocenters. The van der Waals surface area contributed by atoms with Gasteiger partial charge in [0.2, 0.25) is 5.76 Å². The van der Waals surface area contributed by atoms with Crippen LogP contribution in [0.1, 0.15) is 60.0 Å². The standard InChI is InChI=1S/C26H22N2O7/c1-14-6-4-5-7-19(14)16(3)32-25(31)27-22-15(2)28-35-20(22)9-8-18-12-17-13-21(34-23(17)33-18)26(10-11-26)24(29)30/h4-7,12-13,16H,10-11H2,1-3H3,(H,27,31)(H,29,30). The number of carboxylic acids is 1. The molecule has 3 heterocycles. The minimum Gasteiger partial charge on any atom is -0.480 e. The van der Waals surface area contributed by atoms with Crippen LogP contribution in [0.4, 0.5) is 10.5 Å². The Morgan fingerprint density at radius 1 is 1.17 bits per heavy atom. The first-order valence-corrected chi connectivity index (χ1v) is 11.1. The van der Waals surface area contributed by atoms with Gasteiger partial charge in [-0.2, -0.15) is 0 Å². The maximum absolute atomic E-state index is 12.5. The van der Waals surface area contributed by atoms with Crippen molar-refractivity contribution >= 4 is 28.9 Å². The first-order chi connectivity index (χ1) is 16.8. The third-order valence-corrected chi connectivity index (χ3v) is 6.14. The Balaban J connectivity index is 1.30. The molecule has 0 aliphatic heterocycles. The van der Waals surface area contributed by atoms with Gasteiger partial charge in [-0.15, -0.1) is 0 Å². The molecule has 9 heteroatoms. The monoisotopic (exact) mass is 474 g/mol. The first kappa shape index (κ1) is 22.3. The highest BCUT2D eigenvalue weighted by Crippen LogP contribution is 2.50. The molecule has 1 amide bonds. The number of hydrogen-bond donors (Lipinski definition) is 2. The zero-order chi connectivity index (χ0) is 24.7. The van der Waals surface area contributed by atoms with Crippen LogP contribution in [-0.2, 0) is 14.9 Å². The summed E-state index contributed by atoms with van der Waals surface area (Å²) in [5.74, 6) is 5.73. The van der Waals surface area contributed by atoms with Crippen LogP contribution in [0.2, 0.25) is 0 Å². The second kappa shape index (κ2) is 8.40. The molecule has 178 valence electrons. The van der Waals surface area contributed by atoms with Crippen LogP contribution in [0.15, 0.2) is 49.8 Å². The van der Waals surface area contributed by atoms with Crippen molar-refractivity contribution in [1.29, 1.82) is 0 Å². The third-order valence-electron chi connectivity index (χ3n) is 6.14. The number of furan rings is 2. The van der Waals surface area contributed by atoms with E-state index in [0.717, 1.165) is 11.1 Å². The number of hydrogen-bond acceptors (Lipinski definition) is 7. The molecule has 4 aromatic rings. The van der Waals surface area contributed by atoms with Gasteiger partial charge < -0.3 is 23.2 Å². The number of fused-ring (bicyclic) bond motifs is 1. The average molecular weight is 474 g/mol. The summed E-state index contributed by atoms with van der Waals surface area (Å²) in [4.78, 5) is 24.0. The van der Waals surface area contributed by atoms with Crippen LogP contribution in [0.3, 0.4) is 0 Å². The van der Waals surface area contributed by atoms with Crippen molar-refractivity contribution < 1.29 is 32.8 Å². The number of nitrogens with zero attached hydrogens (tertiary/aromatic N) is 1. The second-order valence-corrected chi connectivity index (χ2v) is 8.60. The molecule has 5 rings (SSSR count). The number of ether oxygens (including phenoxy) is 1. The van der Waals surface area contributed by atoms with Gasteiger partial charge in [-0.1, -0.05) is 29.4 Å². The molecule has 3 aromatic heterocycles. The van der Waals surface area contributed by atoms with Crippen LogP contribution in [0, 0.1) is 25.7 Å². The number of carboxylic acid groups (broad SMARTS) is 1. The van der Waals surface area contributed by atoms with E-state index in [1.165, 1.54) is 0 Å². The normalized spacial score (nSPS) is 14.7. The van der Waals surface area contributed by atoms with Crippen molar-refractivity contribution in [1.82, 2.24) is 5.16 Å². The van der Waals surface area contributed by atoms with E-state index >= 15 is 0 Å². The molecule has 0 bridgehead atoms. The van der Waals surface area contributed by atoms with E-state index in [2.05, 4.69) is 22.3 Å². The van der Waals surface area contributed by atoms with Gasteiger partial charge in [0.25, 0.3) is 5.78 Å². The van der Waals surface area contributed by atoms with Crippen molar-refractivity contribution in [3.8, 4) is 11.8 Å². The molecule has 1 aliphatic rings. The van der Waals surface area contributed by atoms with Gasteiger partial charge in [0.1, 0.15) is 28.7 Å². The Labute approximate surface area is 200 Å². The maximum atomic E-state index is 12.5. The molecule has 1 fully saturated rings. The molecule has 9 nitrogen and oxygen atoms in total. The van der Waals surface area contributed by atoms with Gasteiger partial charge in [0.05, 0.1) is 5.39 Å². The number of benzene rings is 1. The fourth-order valence-electron chi connectivity index (χ4n) is 3.95. The molecule has 35 heavy (non-hydrogen) atoms. The highest BCUT2D eigenvalue weighted by Gasteiger charge is 2.54. The summed E-state index contributed by atoms with van der Waals surface area (Å²) in [6.07, 6.45) is -0.0358. The van der Waals surface area contributed by atoms with Gasteiger partial charge in [0.15, 0.2) is 5.76 Å². The molecule has 1 atom stereocenters. The summed E-state index contributed by atoms with van der Waals surface area (Å²) < 4.78 is 22.0. The second-order valence-electron chi connectivity index (χ2n) is 8.60. The number of anilines is 1. The van der Waals surface area contributed by atoms with Gasteiger partial charge in [0, 0.05) is 6.07 Å². The van der Waals surface area contributed by atoms with Crippen LogP contribution in [0.5, 0.6) is 0 Å². The number of aliphatic carboxylic acids is 1. The Kier molecular flexibility index (Phi) is 5.36. The third kappa shape index (κ3) is 4.15. The van der Waals surface area contributed by atoms with E-state index in [-0.39, 0.29) is 11.5 Å². The highest BCUT2D eigenvalue weighted by molar-refractivity contribution is 5.87. The van der Waals surface area contributed by atoms with E-state index in [1.54, 1.807) is 26.0 Å². The lowest BCUT2D eigenvalue weighted by Gasteiger charge is -2.16. The Bertz CT molecular complexity index is 1480. The van der Waals surface area contributed by atoms with E-state index in [1.807, 2.05) is 31.2 Å². The minimum absolute atomic E-state index is 0.138. The smallest absolute Gasteiger partial charge is 0.412 e. The number of carbonyl (C=O) groups excluding carboxylic acids is 1. The van der Waals surface area contributed by atoms with Crippen LogP contribution >= 0.6 is 0 Å². The molecular formula is C26H22N2O7. The largest absolute Gasteiger partial charge is 0.480 e. The summed E-state index contributed by atoms with van der Waals surface area (Å²) in [6.45, 7) is 5.42. The molecule has 1 saturated carbocycles. The van der Waals surface area contributed by atoms with Gasteiger partial charge in [-0.3, -0.25) is 10.1 Å². The molecule has 1 aromatic carbocycles. The fourth-order valence-corrected chi connectivity index (χ4v) is 3.95. The molecule has 2 N–H and O–H groups in total. The lowest BCUT2D eigenvalue weighted by Crippen LogP contribution is -2.18. The Morgan fingerprint density at radius 3 is 2.63 bits per heavy atom. The molecular weight excluding hydrogens is 452 g/mol. The average Bonchev–Trinajstić information content (AvgIpc) is 3.25. The zero-order valence-electron chi connectivity index (χ0n) is 19.3. The van der Waals surface area contributed by atoms with Gasteiger partial charge in [-0.25, -0.2) is 4.79 Å². The fraction of sp³-hybridized carbons (Fsp3) is 0.269. The van der Waals surface area contributed by atoms with E-state index in [0.29, 0.717) is 41.1 Å². The van der Waals surface area contributed by atoms with Gasteiger partial charge >= 0.3 is 12.1 Å². The number of rotatable bonds is 5. The van der Waals surface area contributed by atoms with Crippen molar-refractivity contribution in [3.05, 3.63) is 70.5 Å². The molecule has 0 radical (unpaired) electrons. The summed E-state index contributed by atoms with van der Waals surface area (Å²) in [5.41, 5.74) is 1.72. The van der Waals surface area contributed by atoms with Crippen molar-refractivity contribution in [2.45, 2.75) is 45.1 Å². The zero-order valence-corrected chi connectivity index (χ0v) is 19.3. The van der Waals surface area contributed by atoms with Crippen molar-refractivity contribution in [2.24, 2.45) is 0 Å². The van der Waals surface area contributed by atoms with Crippen LogP contribution < -0.4 is 5.32 Å². The Hall–Kier alpha value is -4.45. The number of carbonyl (C=O) groups is 2. The summed E-state index contributed by atoms with van der Waals surface area (Å²) in [7, 11) is 0.